The Bertz CT molecular complexity index is 729. The number of hydrogen-bond acceptors (Lipinski definition) is 4. The van der Waals surface area contributed by atoms with Gasteiger partial charge in [-0.2, -0.15) is 0 Å². The maximum Gasteiger partial charge on any atom is 0.329 e. The highest BCUT2D eigenvalue weighted by Crippen LogP contribution is 2.11. The van der Waals surface area contributed by atoms with Gasteiger partial charge in [0.2, 0.25) is 0 Å². The second-order valence-corrected chi connectivity index (χ2v) is 6.21. The third-order valence-corrected chi connectivity index (χ3v) is 4.03. The Morgan fingerprint density at radius 2 is 1.04 bits per heavy atom. The molecule has 0 aliphatic rings. The van der Waals surface area contributed by atoms with Gasteiger partial charge < -0.3 is 0 Å². The van der Waals surface area contributed by atoms with Gasteiger partial charge in [0.05, 0.1) is 11.4 Å². The third-order valence-electron chi connectivity index (χ3n) is 4.03. The van der Waals surface area contributed by atoms with Crippen molar-refractivity contribution in [2.24, 2.45) is 0 Å². The fraction of sp³-hybridized carbons (Fsp3) is 0.182. The summed E-state index contributed by atoms with van der Waals surface area (Å²) < 4.78 is 0. The van der Waals surface area contributed by atoms with Crippen LogP contribution in [0.15, 0.2) is 73.8 Å². The van der Waals surface area contributed by atoms with Gasteiger partial charge in [-0.3, -0.25) is 31.3 Å². The SMILES string of the molecule is C=CCCc1ccc(NNC(=O)C(=O)NNc2ccc(CCC=C)cc2)cc1. The van der Waals surface area contributed by atoms with E-state index in [2.05, 4.69) is 34.9 Å². The zero-order chi connectivity index (χ0) is 20.2. The minimum absolute atomic E-state index is 0.687. The number of aryl methyl sites for hydroxylation is 2. The van der Waals surface area contributed by atoms with Crippen LogP contribution < -0.4 is 21.7 Å². The molecule has 0 aliphatic carbocycles. The first kappa shape index (κ1) is 20.8. The average molecular weight is 378 g/mol. The molecule has 0 aromatic heterocycles. The van der Waals surface area contributed by atoms with E-state index in [1.54, 1.807) is 0 Å². The Kier molecular flexibility index (Phi) is 8.33. The van der Waals surface area contributed by atoms with Crippen molar-refractivity contribution in [2.75, 3.05) is 10.9 Å². The smallest absolute Gasteiger partial charge is 0.298 e. The van der Waals surface area contributed by atoms with Gasteiger partial charge in [0.25, 0.3) is 0 Å². The van der Waals surface area contributed by atoms with E-state index in [9.17, 15) is 9.59 Å². The van der Waals surface area contributed by atoms with Crippen LogP contribution in [0.25, 0.3) is 0 Å². The maximum absolute atomic E-state index is 11.9. The molecule has 2 rings (SSSR count). The number of hydrogen-bond donors (Lipinski definition) is 4. The zero-order valence-corrected chi connectivity index (χ0v) is 15.8. The van der Waals surface area contributed by atoms with E-state index in [0.717, 1.165) is 25.7 Å². The molecule has 28 heavy (non-hydrogen) atoms. The minimum atomic E-state index is -0.800. The first-order valence-electron chi connectivity index (χ1n) is 9.14. The summed E-state index contributed by atoms with van der Waals surface area (Å²) in [6.45, 7) is 7.40. The lowest BCUT2D eigenvalue weighted by Crippen LogP contribution is -2.44. The van der Waals surface area contributed by atoms with E-state index >= 15 is 0 Å². The van der Waals surface area contributed by atoms with E-state index in [1.165, 1.54) is 11.1 Å². The molecule has 2 aromatic rings. The summed E-state index contributed by atoms with van der Waals surface area (Å²) in [6, 6.07) is 15.2. The molecular formula is C22H26N4O2. The maximum atomic E-state index is 11.9. The standard InChI is InChI=1S/C22H26N4O2/c1-3-5-7-17-9-13-19(14-10-17)23-25-21(27)22(28)26-24-20-15-11-18(12-16-20)8-6-4-2/h3-4,9-16,23-24H,1-2,5-8H2,(H,25,27)(H,26,28). The summed E-state index contributed by atoms with van der Waals surface area (Å²) >= 11 is 0. The van der Waals surface area contributed by atoms with Crippen LogP contribution >= 0.6 is 0 Å². The van der Waals surface area contributed by atoms with Crippen LogP contribution in [0.1, 0.15) is 24.0 Å². The first-order chi connectivity index (χ1) is 13.6. The van der Waals surface area contributed by atoms with Gasteiger partial charge in [-0.15, -0.1) is 13.2 Å². The van der Waals surface area contributed by atoms with E-state index in [-0.39, 0.29) is 0 Å². The van der Waals surface area contributed by atoms with Crippen molar-refractivity contribution < 1.29 is 9.59 Å². The number of benzene rings is 2. The van der Waals surface area contributed by atoms with Crippen molar-refractivity contribution in [3.8, 4) is 0 Å². The van der Waals surface area contributed by atoms with Crippen LogP contribution in [-0.2, 0) is 22.4 Å². The highest BCUT2D eigenvalue weighted by Gasteiger charge is 2.12. The predicted octanol–water partition coefficient (Wildman–Crippen LogP) is 3.51. The van der Waals surface area contributed by atoms with Crippen LogP contribution in [0.4, 0.5) is 11.4 Å². The lowest BCUT2D eigenvalue weighted by molar-refractivity contribution is -0.138. The largest absolute Gasteiger partial charge is 0.329 e. The van der Waals surface area contributed by atoms with Gasteiger partial charge in [-0.25, -0.2) is 0 Å². The topological polar surface area (TPSA) is 82.3 Å². The highest BCUT2D eigenvalue weighted by molar-refractivity contribution is 6.35. The summed E-state index contributed by atoms with van der Waals surface area (Å²) in [6.07, 6.45) is 7.40. The first-order valence-corrected chi connectivity index (χ1v) is 9.14. The highest BCUT2D eigenvalue weighted by atomic mass is 16.2. The van der Waals surface area contributed by atoms with Gasteiger partial charge in [-0.1, -0.05) is 36.4 Å². The second-order valence-electron chi connectivity index (χ2n) is 6.21. The van der Waals surface area contributed by atoms with Gasteiger partial charge in [0.15, 0.2) is 0 Å². The molecule has 4 N–H and O–H groups in total. The van der Waals surface area contributed by atoms with Gasteiger partial charge in [-0.05, 0) is 61.1 Å². The minimum Gasteiger partial charge on any atom is -0.298 e. The Morgan fingerprint density at radius 1 is 0.679 bits per heavy atom. The molecule has 146 valence electrons. The number of anilines is 2. The Balaban J connectivity index is 1.74. The summed E-state index contributed by atoms with van der Waals surface area (Å²) in [5.41, 5.74) is 13.9. The van der Waals surface area contributed by atoms with Crippen molar-refractivity contribution in [2.45, 2.75) is 25.7 Å². The molecule has 6 heteroatoms. The Morgan fingerprint density at radius 3 is 1.36 bits per heavy atom. The van der Waals surface area contributed by atoms with Crippen molar-refractivity contribution in [1.82, 2.24) is 10.9 Å². The molecule has 0 saturated carbocycles. The van der Waals surface area contributed by atoms with E-state index in [0.29, 0.717) is 11.4 Å². The molecule has 0 spiro atoms. The quantitative estimate of drug-likeness (QED) is 0.290. The Hall–Kier alpha value is -3.54. The number of allylic oxidation sites excluding steroid dienone is 2. The van der Waals surface area contributed by atoms with Crippen LogP contribution in [0.2, 0.25) is 0 Å². The second kappa shape index (κ2) is 11.2. The molecule has 0 aliphatic heterocycles. The lowest BCUT2D eigenvalue weighted by Gasteiger charge is -2.11. The summed E-state index contributed by atoms with van der Waals surface area (Å²) in [4.78, 5) is 23.7. The zero-order valence-electron chi connectivity index (χ0n) is 15.8. The number of nitrogens with one attached hydrogen (secondary N) is 4. The Labute approximate surface area is 165 Å². The van der Waals surface area contributed by atoms with Crippen LogP contribution in [0, 0.1) is 0 Å². The molecule has 0 unspecified atom stereocenters. The molecule has 0 atom stereocenters. The van der Waals surface area contributed by atoms with Gasteiger partial charge in [0.1, 0.15) is 0 Å². The van der Waals surface area contributed by atoms with Crippen LogP contribution in [0.5, 0.6) is 0 Å². The molecular weight excluding hydrogens is 352 g/mol. The number of carbonyl (C=O) groups is 2. The van der Waals surface area contributed by atoms with Crippen LogP contribution in [-0.4, -0.2) is 11.8 Å². The van der Waals surface area contributed by atoms with Gasteiger partial charge >= 0.3 is 11.8 Å². The molecule has 0 bridgehead atoms. The summed E-state index contributed by atoms with van der Waals surface area (Å²) in [5, 5.41) is 0. The molecule has 2 aromatic carbocycles. The van der Waals surface area contributed by atoms with E-state index in [1.807, 2.05) is 60.7 Å². The summed E-state index contributed by atoms with van der Waals surface area (Å²) in [5.74, 6) is -1.60. The van der Waals surface area contributed by atoms with Gasteiger partial charge in [0, 0.05) is 0 Å². The molecule has 6 nitrogen and oxygen atoms in total. The lowest BCUT2D eigenvalue weighted by atomic mass is 10.1. The molecule has 0 radical (unpaired) electrons. The van der Waals surface area contributed by atoms with Crippen molar-refractivity contribution in [1.29, 1.82) is 0 Å². The normalized spacial score (nSPS) is 9.86. The van der Waals surface area contributed by atoms with Crippen molar-refractivity contribution in [3.05, 3.63) is 85.0 Å². The predicted molar refractivity (Wildman–Crippen MR) is 113 cm³/mol. The van der Waals surface area contributed by atoms with Crippen molar-refractivity contribution >= 4 is 23.2 Å². The molecule has 0 heterocycles. The van der Waals surface area contributed by atoms with E-state index < -0.39 is 11.8 Å². The summed E-state index contributed by atoms with van der Waals surface area (Å²) in [7, 11) is 0. The fourth-order valence-corrected chi connectivity index (χ4v) is 2.42. The molecule has 2 amide bonds. The van der Waals surface area contributed by atoms with Crippen LogP contribution in [0.3, 0.4) is 0 Å². The number of carbonyl (C=O) groups excluding carboxylic acids is 2. The molecule has 0 fully saturated rings. The van der Waals surface area contributed by atoms with E-state index in [4.69, 9.17) is 0 Å². The fourth-order valence-electron chi connectivity index (χ4n) is 2.42. The number of rotatable bonds is 10. The number of hydrazine groups is 2. The monoisotopic (exact) mass is 378 g/mol. The van der Waals surface area contributed by atoms with Crippen molar-refractivity contribution in [3.63, 3.8) is 0 Å². The third kappa shape index (κ3) is 6.99. The average Bonchev–Trinajstić information content (AvgIpc) is 2.74. The number of amides is 2. The molecule has 0 saturated heterocycles.